The molecule has 2 aromatic rings. The molecule has 1 N–H and O–H groups in total. The Kier molecular flexibility index (Phi) is 4.91. The van der Waals surface area contributed by atoms with Crippen molar-refractivity contribution in [2.24, 2.45) is 0 Å². The Hall–Kier alpha value is -1.70. The van der Waals surface area contributed by atoms with E-state index in [1.165, 1.54) is 12.0 Å². The van der Waals surface area contributed by atoms with Crippen LogP contribution in [0.25, 0.3) is 0 Å². The van der Waals surface area contributed by atoms with Gasteiger partial charge in [0.05, 0.1) is 13.2 Å². The molecule has 1 fully saturated rings. The van der Waals surface area contributed by atoms with Crippen LogP contribution in [-0.2, 0) is 17.7 Å². The average Bonchev–Trinajstić information content (AvgIpc) is 3.11. The third-order valence-corrected chi connectivity index (χ3v) is 5.63. The molecule has 2 aliphatic rings. The van der Waals surface area contributed by atoms with Crippen molar-refractivity contribution in [2.75, 3.05) is 56.2 Å². The molecule has 0 bridgehead atoms. The van der Waals surface area contributed by atoms with Gasteiger partial charge in [-0.15, -0.1) is 11.3 Å². The van der Waals surface area contributed by atoms with Gasteiger partial charge in [-0.3, -0.25) is 4.90 Å². The van der Waals surface area contributed by atoms with E-state index >= 15 is 0 Å². The number of nitrogens with one attached hydrogen (secondary N) is 1. The zero-order valence-corrected chi connectivity index (χ0v) is 14.6. The molecule has 0 radical (unpaired) electrons. The second-order valence-electron chi connectivity index (χ2n) is 6.18. The minimum absolute atomic E-state index is 0.770. The second kappa shape index (κ2) is 7.46. The fourth-order valence-electron chi connectivity index (χ4n) is 3.25. The molecule has 0 aromatic carbocycles. The molecule has 1 saturated heterocycles. The van der Waals surface area contributed by atoms with Crippen LogP contribution in [0.15, 0.2) is 23.8 Å². The van der Waals surface area contributed by atoms with Gasteiger partial charge >= 0.3 is 0 Å². The zero-order valence-electron chi connectivity index (χ0n) is 13.8. The van der Waals surface area contributed by atoms with Crippen LogP contribution in [0, 0.1) is 0 Å². The van der Waals surface area contributed by atoms with Gasteiger partial charge < -0.3 is 15.0 Å². The van der Waals surface area contributed by atoms with Crippen LogP contribution in [0.3, 0.4) is 0 Å². The first-order valence-electron chi connectivity index (χ1n) is 8.55. The van der Waals surface area contributed by atoms with Crippen molar-refractivity contribution >= 4 is 23.0 Å². The fraction of sp³-hybridized carbons (Fsp3) is 0.529. The highest BCUT2D eigenvalue weighted by molar-refractivity contribution is 7.10. The van der Waals surface area contributed by atoms with Crippen LogP contribution in [0.1, 0.15) is 10.4 Å². The third-order valence-electron chi connectivity index (χ3n) is 4.61. The minimum Gasteiger partial charge on any atom is -0.378 e. The molecular weight excluding hydrogens is 322 g/mol. The molecule has 128 valence electrons. The summed E-state index contributed by atoms with van der Waals surface area (Å²) in [5.41, 5.74) is 1.50. The summed E-state index contributed by atoms with van der Waals surface area (Å²) in [7, 11) is 0. The van der Waals surface area contributed by atoms with Crippen molar-refractivity contribution in [2.45, 2.75) is 13.0 Å². The molecule has 0 spiro atoms. The van der Waals surface area contributed by atoms with E-state index in [1.54, 1.807) is 11.2 Å². The molecular formula is C17H23N5OS. The van der Waals surface area contributed by atoms with E-state index in [2.05, 4.69) is 36.5 Å². The van der Waals surface area contributed by atoms with E-state index in [4.69, 9.17) is 4.74 Å². The number of hydrogen-bond acceptors (Lipinski definition) is 7. The van der Waals surface area contributed by atoms with E-state index < -0.39 is 0 Å². The number of aromatic nitrogens is 2. The summed E-state index contributed by atoms with van der Waals surface area (Å²) >= 11 is 1.89. The SMILES string of the molecule is c1nc(NCCN2CCc3sccc3C2)cc(N2CCOCC2)n1. The van der Waals surface area contributed by atoms with Gasteiger partial charge in [-0.1, -0.05) is 0 Å². The quantitative estimate of drug-likeness (QED) is 0.892. The number of nitrogens with zero attached hydrogens (tertiary/aromatic N) is 4. The predicted molar refractivity (Wildman–Crippen MR) is 96.9 cm³/mol. The van der Waals surface area contributed by atoms with Gasteiger partial charge in [0.15, 0.2) is 0 Å². The van der Waals surface area contributed by atoms with E-state index in [9.17, 15) is 0 Å². The standard InChI is InChI=1S/C17H23N5OS/c1-4-21(12-14-2-10-24-15(1)14)5-3-18-16-11-17(20-13-19-16)22-6-8-23-9-7-22/h2,10-11,13H,1,3-9,12H2,(H,18,19,20). The summed E-state index contributed by atoms with van der Waals surface area (Å²) < 4.78 is 5.40. The smallest absolute Gasteiger partial charge is 0.134 e. The number of fused-ring (bicyclic) bond motifs is 1. The van der Waals surface area contributed by atoms with Crippen molar-refractivity contribution in [1.82, 2.24) is 14.9 Å². The number of thiophene rings is 1. The number of ether oxygens (including phenoxy) is 1. The first-order chi connectivity index (χ1) is 11.9. The van der Waals surface area contributed by atoms with Gasteiger partial charge in [0.2, 0.25) is 0 Å². The first kappa shape index (κ1) is 15.8. The van der Waals surface area contributed by atoms with Gasteiger partial charge in [-0.05, 0) is 23.4 Å². The first-order valence-corrected chi connectivity index (χ1v) is 9.43. The molecule has 2 aliphatic heterocycles. The Morgan fingerprint density at radius 1 is 1.21 bits per heavy atom. The van der Waals surface area contributed by atoms with Crippen molar-refractivity contribution in [3.8, 4) is 0 Å². The number of hydrogen-bond donors (Lipinski definition) is 1. The van der Waals surface area contributed by atoms with Crippen molar-refractivity contribution in [3.63, 3.8) is 0 Å². The van der Waals surface area contributed by atoms with E-state index in [1.807, 2.05) is 17.4 Å². The lowest BCUT2D eigenvalue weighted by Gasteiger charge is -2.28. The molecule has 24 heavy (non-hydrogen) atoms. The molecule has 2 aromatic heterocycles. The van der Waals surface area contributed by atoms with Crippen LogP contribution in [-0.4, -0.2) is 60.8 Å². The molecule has 0 atom stereocenters. The fourth-order valence-corrected chi connectivity index (χ4v) is 4.14. The Morgan fingerprint density at radius 2 is 2.12 bits per heavy atom. The lowest BCUT2D eigenvalue weighted by molar-refractivity contribution is 0.122. The summed E-state index contributed by atoms with van der Waals surface area (Å²) in [6, 6.07) is 4.30. The molecule has 0 saturated carbocycles. The topological polar surface area (TPSA) is 53.5 Å². The molecule has 4 rings (SSSR count). The summed E-state index contributed by atoms with van der Waals surface area (Å²) in [6.07, 6.45) is 2.83. The highest BCUT2D eigenvalue weighted by Crippen LogP contribution is 2.23. The Bertz CT molecular complexity index is 671. The lowest BCUT2D eigenvalue weighted by Crippen LogP contribution is -2.36. The largest absolute Gasteiger partial charge is 0.378 e. The minimum atomic E-state index is 0.770. The van der Waals surface area contributed by atoms with Gasteiger partial charge in [0.25, 0.3) is 0 Å². The van der Waals surface area contributed by atoms with E-state index in [-0.39, 0.29) is 0 Å². The van der Waals surface area contributed by atoms with Crippen LogP contribution in [0.5, 0.6) is 0 Å². The maximum absolute atomic E-state index is 5.40. The number of morpholine rings is 1. The predicted octanol–water partition coefficient (Wildman–Crippen LogP) is 1.84. The molecule has 7 heteroatoms. The molecule has 4 heterocycles. The molecule has 0 aliphatic carbocycles. The maximum Gasteiger partial charge on any atom is 0.134 e. The van der Waals surface area contributed by atoms with Crippen LogP contribution >= 0.6 is 11.3 Å². The summed E-state index contributed by atoms with van der Waals surface area (Å²) in [5, 5.41) is 5.65. The second-order valence-corrected chi connectivity index (χ2v) is 7.18. The average molecular weight is 345 g/mol. The normalized spacial score (nSPS) is 18.4. The third kappa shape index (κ3) is 3.68. The van der Waals surface area contributed by atoms with Crippen molar-refractivity contribution in [1.29, 1.82) is 0 Å². The molecule has 6 nitrogen and oxygen atoms in total. The summed E-state index contributed by atoms with van der Waals surface area (Å²) in [5.74, 6) is 1.89. The zero-order chi connectivity index (χ0) is 16.2. The maximum atomic E-state index is 5.40. The summed E-state index contributed by atoms with van der Waals surface area (Å²) in [4.78, 5) is 15.1. The monoisotopic (exact) mass is 345 g/mol. The van der Waals surface area contributed by atoms with Crippen molar-refractivity contribution in [3.05, 3.63) is 34.3 Å². The molecule has 0 amide bonds. The Balaban J connectivity index is 1.28. The summed E-state index contributed by atoms with van der Waals surface area (Å²) in [6.45, 7) is 7.49. The highest BCUT2D eigenvalue weighted by atomic mass is 32.1. The number of anilines is 2. The Labute approximate surface area is 146 Å². The Morgan fingerprint density at radius 3 is 3.04 bits per heavy atom. The van der Waals surface area contributed by atoms with Gasteiger partial charge in [-0.25, -0.2) is 9.97 Å². The van der Waals surface area contributed by atoms with E-state index in [0.29, 0.717) is 0 Å². The number of rotatable bonds is 5. The van der Waals surface area contributed by atoms with Gasteiger partial charge in [0, 0.05) is 50.2 Å². The van der Waals surface area contributed by atoms with Crippen molar-refractivity contribution < 1.29 is 4.74 Å². The van der Waals surface area contributed by atoms with Crippen LogP contribution in [0.4, 0.5) is 11.6 Å². The van der Waals surface area contributed by atoms with Crippen LogP contribution in [0.2, 0.25) is 0 Å². The van der Waals surface area contributed by atoms with Gasteiger partial charge in [-0.2, -0.15) is 0 Å². The van der Waals surface area contributed by atoms with Gasteiger partial charge in [0.1, 0.15) is 18.0 Å². The van der Waals surface area contributed by atoms with E-state index in [0.717, 1.165) is 64.1 Å². The lowest BCUT2D eigenvalue weighted by atomic mass is 10.1. The highest BCUT2D eigenvalue weighted by Gasteiger charge is 2.17. The van der Waals surface area contributed by atoms with Crippen LogP contribution < -0.4 is 10.2 Å². The molecule has 0 unspecified atom stereocenters.